The van der Waals surface area contributed by atoms with E-state index in [-0.39, 0.29) is 68.6 Å². The van der Waals surface area contributed by atoms with Crippen LogP contribution in [0.2, 0.25) is 0 Å². The van der Waals surface area contributed by atoms with Crippen LogP contribution in [0.3, 0.4) is 0 Å². The molecular weight excluding hydrogens is 914 g/mol. The molecule has 6 atom stereocenters. The number of hydrogen-bond acceptors (Lipinski definition) is 12. The van der Waals surface area contributed by atoms with Crippen LogP contribution in [0.5, 0.6) is 23.0 Å². The number of non-ortho nitro benzene ring substituents is 1. The molecule has 1 amide bonds. The predicted molar refractivity (Wildman–Crippen MR) is 266 cm³/mol. The molecule has 2 aliphatic carbocycles. The van der Waals surface area contributed by atoms with Gasteiger partial charge >= 0.3 is 6.09 Å². The number of carbonyl (C=O) groups is 1. The van der Waals surface area contributed by atoms with Gasteiger partial charge < -0.3 is 34.0 Å². The zero-order chi connectivity index (χ0) is 49.0. The highest BCUT2D eigenvalue weighted by atomic mass is 32.2. The van der Waals surface area contributed by atoms with Crippen molar-refractivity contribution in [2.75, 3.05) is 26.1 Å². The van der Waals surface area contributed by atoms with Crippen molar-refractivity contribution in [1.29, 1.82) is 0 Å². The van der Waals surface area contributed by atoms with Crippen molar-refractivity contribution in [3.8, 4) is 23.0 Å². The van der Waals surface area contributed by atoms with Crippen LogP contribution in [0, 0.1) is 33.7 Å². The zero-order valence-electron chi connectivity index (χ0n) is 39.1. The number of aliphatic hydroxyl groups is 2. The van der Waals surface area contributed by atoms with Crippen molar-refractivity contribution in [2.24, 2.45) is 22.9 Å². The van der Waals surface area contributed by atoms with E-state index in [9.17, 15) is 24.7 Å². The van der Waals surface area contributed by atoms with Gasteiger partial charge in [0.15, 0.2) is 0 Å². The number of aliphatic hydroxyl groups excluding tert-OH is 2. The number of amides is 1. The van der Waals surface area contributed by atoms with Gasteiger partial charge in [0.25, 0.3) is 5.69 Å². The third-order valence-corrected chi connectivity index (χ3v) is 14.1. The molecule has 1 fully saturated rings. The number of carbonyl (C=O) groups excluding carboxylic acids is 1. The van der Waals surface area contributed by atoms with Crippen LogP contribution >= 0.6 is 11.8 Å². The number of benzene rings is 5. The van der Waals surface area contributed by atoms with E-state index in [0.717, 1.165) is 47.3 Å². The lowest BCUT2D eigenvalue weighted by Crippen LogP contribution is -2.70. The number of nitrogens with zero attached hydrogens (tertiary/aromatic N) is 3. The Morgan fingerprint density at radius 1 is 0.914 bits per heavy atom. The number of halogens is 1. The molecule has 8 rings (SSSR count). The SMILES string of the molecule is C=CCO[C@@]12Oc3ccc(Oc4ccc(SC)cc4)cc3[C@H]3[C@H](CCCCO)[C@@H](CCCCO)C=C(C(=NOCc4ccccc4)C[C@@H]1N(Cc1ccc(F)cc1)C(=O)Oc1ccc([N+](=O)[O-])cc1)[C@H]32. The summed E-state index contributed by atoms with van der Waals surface area (Å²) in [5, 5.41) is 36.6. The van der Waals surface area contributed by atoms with Crippen molar-refractivity contribution < 1.29 is 48.1 Å². The van der Waals surface area contributed by atoms with Gasteiger partial charge in [-0.1, -0.05) is 72.6 Å². The fraction of sp³-hybridized carbons (Fsp3) is 0.345. The van der Waals surface area contributed by atoms with E-state index in [0.29, 0.717) is 41.4 Å². The highest BCUT2D eigenvalue weighted by Crippen LogP contribution is 2.62. The zero-order valence-corrected chi connectivity index (χ0v) is 39.9. The minimum absolute atomic E-state index is 0.0173. The molecule has 2 N–H and O–H groups in total. The Labute approximate surface area is 411 Å². The van der Waals surface area contributed by atoms with E-state index in [2.05, 4.69) is 12.7 Å². The lowest BCUT2D eigenvalue weighted by Gasteiger charge is -2.59. The summed E-state index contributed by atoms with van der Waals surface area (Å²) in [5.41, 5.74) is 3.58. The summed E-state index contributed by atoms with van der Waals surface area (Å²) in [6.07, 6.45) is 9.31. The van der Waals surface area contributed by atoms with Gasteiger partial charge in [0.05, 0.1) is 23.2 Å². The van der Waals surface area contributed by atoms with E-state index in [1.165, 1.54) is 41.3 Å². The van der Waals surface area contributed by atoms with Crippen molar-refractivity contribution >= 4 is 29.3 Å². The number of ether oxygens (including phenoxy) is 4. The van der Waals surface area contributed by atoms with Crippen LogP contribution in [0.4, 0.5) is 14.9 Å². The summed E-state index contributed by atoms with van der Waals surface area (Å²) >= 11 is 1.64. The second-order valence-electron chi connectivity index (χ2n) is 17.7. The van der Waals surface area contributed by atoms with Crippen LogP contribution < -0.4 is 14.2 Å². The Balaban J connectivity index is 1.34. The van der Waals surface area contributed by atoms with Gasteiger partial charge in [-0.2, -0.15) is 0 Å². The van der Waals surface area contributed by atoms with Gasteiger partial charge in [-0.05, 0) is 127 Å². The predicted octanol–water partition coefficient (Wildman–Crippen LogP) is 11.8. The van der Waals surface area contributed by atoms with E-state index in [1.54, 1.807) is 30.0 Å². The largest absolute Gasteiger partial charge is 0.459 e. The van der Waals surface area contributed by atoms with Gasteiger partial charge in [-0.25, -0.2) is 9.18 Å². The fourth-order valence-electron chi connectivity index (χ4n) is 10.1. The molecule has 366 valence electrons. The molecule has 1 aliphatic heterocycles. The second-order valence-corrected chi connectivity index (χ2v) is 18.6. The second kappa shape index (κ2) is 23.4. The van der Waals surface area contributed by atoms with Crippen molar-refractivity contribution in [2.45, 2.75) is 80.7 Å². The van der Waals surface area contributed by atoms with Gasteiger partial charge in [0.2, 0.25) is 5.79 Å². The number of hydrogen-bond donors (Lipinski definition) is 2. The van der Waals surface area contributed by atoms with Gasteiger partial charge in [-0.3, -0.25) is 15.0 Å². The maximum Gasteiger partial charge on any atom is 0.416 e. The van der Waals surface area contributed by atoms with Crippen molar-refractivity contribution in [3.05, 3.63) is 178 Å². The molecule has 0 bridgehead atoms. The lowest BCUT2D eigenvalue weighted by molar-refractivity contribution is -0.384. The molecule has 1 heterocycles. The summed E-state index contributed by atoms with van der Waals surface area (Å²) in [6, 6.07) is 33.4. The van der Waals surface area contributed by atoms with Gasteiger partial charge in [0.1, 0.15) is 41.5 Å². The van der Waals surface area contributed by atoms with Gasteiger partial charge in [-0.15, -0.1) is 18.3 Å². The number of nitro benzene ring substituents is 1. The first-order valence-electron chi connectivity index (χ1n) is 23.7. The minimum atomic E-state index is -1.65. The number of thioether (sulfide) groups is 1. The first-order chi connectivity index (χ1) is 34.1. The molecule has 1 saturated carbocycles. The number of oxime groups is 1. The molecule has 0 aromatic heterocycles. The smallest absolute Gasteiger partial charge is 0.416 e. The first-order valence-corrected chi connectivity index (χ1v) is 24.9. The molecule has 0 radical (unpaired) electrons. The number of rotatable bonds is 22. The molecule has 70 heavy (non-hydrogen) atoms. The van der Waals surface area contributed by atoms with Crippen molar-refractivity contribution in [1.82, 2.24) is 4.90 Å². The molecule has 3 aliphatic rings. The van der Waals surface area contributed by atoms with Crippen LogP contribution in [-0.4, -0.2) is 69.7 Å². The summed E-state index contributed by atoms with van der Waals surface area (Å²) in [6.45, 7) is 4.21. The molecule has 0 spiro atoms. The topological polar surface area (TPSA) is 162 Å². The summed E-state index contributed by atoms with van der Waals surface area (Å²) in [7, 11) is 0. The van der Waals surface area contributed by atoms with E-state index in [4.69, 9.17) is 28.9 Å². The Bertz CT molecular complexity index is 2630. The van der Waals surface area contributed by atoms with Crippen LogP contribution in [0.1, 0.15) is 67.6 Å². The third-order valence-electron chi connectivity index (χ3n) is 13.3. The molecule has 0 unspecified atom stereocenters. The maximum atomic E-state index is 15.1. The quantitative estimate of drug-likeness (QED) is 0.0223. The monoisotopic (exact) mass is 971 g/mol. The normalized spacial score (nSPS) is 21.6. The molecule has 13 nitrogen and oxygen atoms in total. The highest BCUT2D eigenvalue weighted by molar-refractivity contribution is 7.98. The number of nitro groups is 1. The van der Waals surface area contributed by atoms with E-state index < -0.39 is 34.6 Å². The Kier molecular flexibility index (Phi) is 16.7. The summed E-state index contributed by atoms with van der Waals surface area (Å²) < 4.78 is 41.6. The number of allylic oxidation sites excluding steroid dienone is 1. The molecular formula is C55H58FN3O10S. The number of fused-ring (bicyclic) bond motifs is 2. The van der Waals surface area contributed by atoms with Crippen LogP contribution in [0.25, 0.3) is 0 Å². The average Bonchev–Trinajstić information content (AvgIpc) is 3.37. The van der Waals surface area contributed by atoms with E-state index >= 15 is 4.79 Å². The third kappa shape index (κ3) is 11.4. The first kappa shape index (κ1) is 49.9. The van der Waals surface area contributed by atoms with E-state index in [1.807, 2.05) is 79.1 Å². The molecule has 15 heteroatoms. The molecule has 0 saturated heterocycles. The van der Waals surface area contributed by atoms with Gasteiger partial charge in [0, 0.05) is 54.7 Å². The fourth-order valence-corrected chi connectivity index (χ4v) is 10.5. The summed E-state index contributed by atoms with van der Waals surface area (Å²) in [4.78, 5) is 35.0. The van der Waals surface area contributed by atoms with Crippen LogP contribution in [-0.2, 0) is 22.7 Å². The van der Waals surface area contributed by atoms with Crippen molar-refractivity contribution in [3.63, 3.8) is 0 Å². The Morgan fingerprint density at radius 3 is 2.30 bits per heavy atom. The Morgan fingerprint density at radius 2 is 1.61 bits per heavy atom. The standard InChI is InChI=1S/C55H58FN3O10S/c1-3-31-65-55-51(58(35-37-15-17-40(56)18-16-37)54(62)68-43-21-19-41(20-22-43)59(63)64)34-49(57-66-36-38-11-5-4-6-12-38)47-32-39(13-7-9-29-60)46(14-8-10-30-61)52(53(47)55)48-33-44(25-28-50(48)69-55)67-42-23-26-45(70-2)27-24-42/h3-6,11-12,15-28,32-33,39,46,51-53,60-61H,1,7-10,13-14,29-31,34-36H2,2H3/t39-,46+,51-,52+,53+,55+/m0/s1. The molecule has 5 aromatic rings. The highest BCUT2D eigenvalue weighted by Gasteiger charge is 2.66. The Hall–Kier alpha value is -6.52. The van der Waals surface area contributed by atoms with Crippen LogP contribution in [0.15, 0.2) is 156 Å². The maximum absolute atomic E-state index is 15.1. The molecule has 5 aromatic carbocycles. The minimum Gasteiger partial charge on any atom is -0.459 e. The lowest BCUT2D eigenvalue weighted by atomic mass is 9.55. The number of unbranched alkanes of at least 4 members (excludes halogenated alkanes) is 2. The average molecular weight is 972 g/mol. The summed E-state index contributed by atoms with van der Waals surface area (Å²) in [5.74, 6) is -1.34.